The van der Waals surface area contributed by atoms with Crippen molar-refractivity contribution in [2.45, 2.75) is 56.7 Å². The lowest BCUT2D eigenvalue weighted by atomic mass is 9.79. The molecule has 1 saturated heterocycles. The molecule has 1 heterocycles. The molecule has 0 amide bonds. The van der Waals surface area contributed by atoms with Crippen LogP contribution in [0.15, 0.2) is 0 Å². The highest BCUT2D eigenvalue weighted by molar-refractivity contribution is 5.78. The monoisotopic (exact) mass is 256 g/mol. The second-order valence-electron chi connectivity index (χ2n) is 5.74. The van der Waals surface area contributed by atoms with Crippen LogP contribution >= 0.6 is 0 Å². The van der Waals surface area contributed by atoms with Crippen molar-refractivity contribution in [1.82, 2.24) is 4.90 Å². The molecule has 1 saturated carbocycles. The van der Waals surface area contributed by atoms with Crippen LogP contribution in [0.4, 0.5) is 0 Å². The summed E-state index contributed by atoms with van der Waals surface area (Å²) in [7, 11) is 0. The Balaban J connectivity index is 2.01. The molecule has 2 fully saturated rings. The Hall–Kier alpha value is -0.650. The van der Waals surface area contributed by atoms with E-state index in [1.54, 1.807) is 0 Å². The van der Waals surface area contributed by atoms with Crippen molar-refractivity contribution in [2.75, 3.05) is 19.7 Å². The molecule has 104 valence electrons. The van der Waals surface area contributed by atoms with Gasteiger partial charge in [-0.25, -0.2) is 0 Å². The summed E-state index contributed by atoms with van der Waals surface area (Å²) in [6, 6.07) is 0.295. The van der Waals surface area contributed by atoms with Gasteiger partial charge >= 0.3 is 5.97 Å². The number of rotatable bonds is 2. The molecule has 5 heteroatoms. The van der Waals surface area contributed by atoms with Crippen LogP contribution in [0.1, 0.15) is 39.0 Å². The Morgan fingerprint density at radius 3 is 3.00 bits per heavy atom. The number of nitrogens with two attached hydrogens (primary N) is 1. The lowest BCUT2D eigenvalue weighted by Crippen LogP contribution is -2.56. The fraction of sp³-hybridized carbons (Fsp3) is 0.923. The lowest BCUT2D eigenvalue weighted by molar-refractivity contribution is -0.145. The van der Waals surface area contributed by atoms with Crippen molar-refractivity contribution < 1.29 is 14.6 Å². The average Bonchev–Trinajstić information content (AvgIpc) is 2.54. The molecule has 0 aromatic rings. The van der Waals surface area contributed by atoms with E-state index in [1.165, 1.54) is 0 Å². The molecule has 1 aliphatic heterocycles. The van der Waals surface area contributed by atoms with Gasteiger partial charge in [-0.15, -0.1) is 0 Å². The molecular formula is C13H24N2O3. The summed E-state index contributed by atoms with van der Waals surface area (Å²) in [6.45, 7) is 4.76. The first kappa shape index (κ1) is 13.8. The van der Waals surface area contributed by atoms with Crippen LogP contribution < -0.4 is 5.73 Å². The molecule has 18 heavy (non-hydrogen) atoms. The zero-order valence-corrected chi connectivity index (χ0v) is 11.1. The normalized spacial score (nSPS) is 39.2. The quantitative estimate of drug-likeness (QED) is 0.765. The van der Waals surface area contributed by atoms with Crippen LogP contribution in [0.3, 0.4) is 0 Å². The fourth-order valence-electron chi connectivity index (χ4n) is 3.14. The predicted molar refractivity (Wildman–Crippen MR) is 68.4 cm³/mol. The van der Waals surface area contributed by atoms with Crippen LogP contribution in [0.2, 0.25) is 0 Å². The molecule has 2 rings (SSSR count). The van der Waals surface area contributed by atoms with Gasteiger partial charge in [0, 0.05) is 25.7 Å². The Kier molecular flexibility index (Phi) is 4.25. The van der Waals surface area contributed by atoms with E-state index in [4.69, 9.17) is 10.5 Å². The number of aliphatic carboxylic acids is 1. The van der Waals surface area contributed by atoms with Gasteiger partial charge in [0.25, 0.3) is 0 Å². The molecule has 0 bridgehead atoms. The Morgan fingerprint density at radius 1 is 1.50 bits per heavy atom. The zero-order chi connectivity index (χ0) is 13.2. The molecule has 3 unspecified atom stereocenters. The van der Waals surface area contributed by atoms with E-state index in [0.717, 1.165) is 39.0 Å². The minimum absolute atomic E-state index is 0.228. The molecule has 0 radical (unpaired) electrons. The minimum atomic E-state index is -1.03. The van der Waals surface area contributed by atoms with Crippen molar-refractivity contribution in [3.05, 3.63) is 0 Å². The van der Waals surface area contributed by atoms with E-state index in [0.29, 0.717) is 18.9 Å². The number of nitrogens with zero attached hydrogens (tertiary/aromatic N) is 1. The Morgan fingerprint density at radius 2 is 2.28 bits per heavy atom. The summed E-state index contributed by atoms with van der Waals surface area (Å²) in [5.74, 6) is -0.855. The van der Waals surface area contributed by atoms with Crippen molar-refractivity contribution >= 4 is 5.97 Å². The summed E-state index contributed by atoms with van der Waals surface area (Å²) in [4.78, 5) is 13.6. The van der Waals surface area contributed by atoms with Crippen molar-refractivity contribution in [2.24, 2.45) is 5.73 Å². The van der Waals surface area contributed by atoms with Gasteiger partial charge in [0.1, 0.15) is 5.54 Å². The summed E-state index contributed by atoms with van der Waals surface area (Å²) >= 11 is 0. The maximum Gasteiger partial charge on any atom is 0.323 e. The maximum atomic E-state index is 11.3. The van der Waals surface area contributed by atoms with Gasteiger partial charge in [-0.2, -0.15) is 0 Å². The molecule has 2 aliphatic rings. The zero-order valence-electron chi connectivity index (χ0n) is 11.1. The number of hydrogen-bond acceptors (Lipinski definition) is 4. The van der Waals surface area contributed by atoms with Gasteiger partial charge in [-0.1, -0.05) is 0 Å². The van der Waals surface area contributed by atoms with Gasteiger partial charge in [0.15, 0.2) is 0 Å². The van der Waals surface area contributed by atoms with Crippen molar-refractivity contribution in [1.29, 1.82) is 0 Å². The van der Waals surface area contributed by atoms with Crippen molar-refractivity contribution in [3.8, 4) is 0 Å². The SMILES string of the molecule is CC1CN(C2CCCC(N)(C(=O)O)C2)CCCO1. The molecule has 0 aromatic heterocycles. The Bertz CT molecular complexity index is 311. The molecule has 3 N–H and O–H groups in total. The van der Waals surface area contributed by atoms with E-state index in [-0.39, 0.29) is 6.10 Å². The van der Waals surface area contributed by atoms with Gasteiger partial charge < -0.3 is 15.6 Å². The maximum absolute atomic E-state index is 11.3. The first-order valence-corrected chi connectivity index (χ1v) is 6.89. The molecule has 1 aliphatic carbocycles. The van der Waals surface area contributed by atoms with Crippen molar-refractivity contribution in [3.63, 3.8) is 0 Å². The largest absolute Gasteiger partial charge is 0.480 e. The molecule has 3 atom stereocenters. The summed E-state index contributed by atoms with van der Waals surface area (Å²) in [5.41, 5.74) is 4.99. The van der Waals surface area contributed by atoms with Crippen LogP contribution in [0.5, 0.6) is 0 Å². The minimum Gasteiger partial charge on any atom is -0.480 e. The summed E-state index contributed by atoms with van der Waals surface area (Å²) in [5, 5.41) is 9.25. The first-order chi connectivity index (χ1) is 8.51. The third kappa shape index (κ3) is 3.02. The predicted octanol–water partition coefficient (Wildman–Crippen LogP) is 0.822. The van der Waals surface area contributed by atoms with Gasteiger partial charge in [0.05, 0.1) is 6.10 Å². The summed E-state index contributed by atoms with van der Waals surface area (Å²) in [6.07, 6.45) is 4.36. The fourth-order valence-corrected chi connectivity index (χ4v) is 3.14. The molecule has 0 spiro atoms. The average molecular weight is 256 g/mol. The standard InChI is InChI=1S/C13H24N2O3/c1-10-9-15(6-3-7-18-10)11-4-2-5-13(14,8-11)12(16)17/h10-11H,2-9,14H2,1H3,(H,16,17). The third-order valence-electron chi connectivity index (χ3n) is 4.19. The number of ether oxygens (including phenoxy) is 1. The highest BCUT2D eigenvalue weighted by Crippen LogP contribution is 2.30. The Labute approximate surface area is 108 Å². The highest BCUT2D eigenvalue weighted by Gasteiger charge is 2.41. The second kappa shape index (κ2) is 5.55. The van der Waals surface area contributed by atoms with E-state index in [1.807, 2.05) is 0 Å². The smallest absolute Gasteiger partial charge is 0.323 e. The third-order valence-corrected chi connectivity index (χ3v) is 4.19. The van der Waals surface area contributed by atoms with E-state index in [2.05, 4.69) is 11.8 Å². The van der Waals surface area contributed by atoms with Gasteiger partial charge in [0.2, 0.25) is 0 Å². The van der Waals surface area contributed by atoms with Gasteiger partial charge in [-0.05, 0) is 39.0 Å². The second-order valence-corrected chi connectivity index (χ2v) is 5.74. The topological polar surface area (TPSA) is 75.8 Å². The molecular weight excluding hydrogens is 232 g/mol. The molecule has 0 aromatic carbocycles. The summed E-state index contributed by atoms with van der Waals surface area (Å²) < 4.78 is 5.63. The van der Waals surface area contributed by atoms with Crippen LogP contribution in [0.25, 0.3) is 0 Å². The van der Waals surface area contributed by atoms with E-state index >= 15 is 0 Å². The van der Waals surface area contributed by atoms with E-state index in [9.17, 15) is 9.90 Å². The number of carboxylic acid groups (broad SMARTS) is 1. The highest BCUT2D eigenvalue weighted by atomic mass is 16.5. The molecule has 5 nitrogen and oxygen atoms in total. The number of carboxylic acids is 1. The van der Waals surface area contributed by atoms with Gasteiger partial charge in [-0.3, -0.25) is 9.69 Å². The lowest BCUT2D eigenvalue weighted by Gasteiger charge is -2.40. The number of carbonyl (C=O) groups is 1. The first-order valence-electron chi connectivity index (χ1n) is 6.89. The van der Waals surface area contributed by atoms with Crippen LogP contribution in [0, 0.1) is 0 Å². The van der Waals surface area contributed by atoms with Crippen LogP contribution in [-0.2, 0) is 9.53 Å². The van der Waals surface area contributed by atoms with E-state index < -0.39 is 11.5 Å². The van der Waals surface area contributed by atoms with Crippen LogP contribution in [-0.4, -0.2) is 53.4 Å². The number of hydrogen-bond donors (Lipinski definition) is 2.